The van der Waals surface area contributed by atoms with E-state index >= 15 is 0 Å². The second kappa shape index (κ2) is 7.06. The Morgan fingerprint density at radius 2 is 1.80 bits per heavy atom. The van der Waals surface area contributed by atoms with Crippen LogP contribution in [0.25, 0.3) is 0 Å². The van der Waals surface area contributed by atoms with Gasteiger partial charge in [0.15, 0.2) is 0 Å². The predicted molar refractivity (Wildman–Crippen MR) is 84.8 cm³/mol. The van der Waals surface area contributed by atoms with Crippen LogP contribution in [0, 0.1) is 0 Å². The predicted octanol–water partition coefficient (Wildman–Crippen LogP) is 3.22. The van der Waals surface area contributed by atoms with Crippen molar-refractivity contribution in [2.24, 2.45) is 0 Å². The van der Waals surface area contributed by atoms with E-state index in [0.29, 0.717) is 6.04 Å². The fraction of sp³-hybridized carbons (Fsp3) is 0.353. The summed E-state index contributed by atoms with van der Waals surface area (Å²) in [6.45, 7) is 5.97. The minimum absolute atomic E-state index is 0.475. The quantitative estimate of drug-likeness (QED) is 0.872. The second-order valence-electron chi connectivity index (χ2n) is 5.36. The summed E-state index contributed by atoms with van der Waals surface area (Å²) in [7, 11) is 2.08. The highest BCUT2D eigenvalue weighted by molar-refractivity contribution is 5.39. The van der Waals surface area contributed by atoms with Crippen LogP contribution in [-0.2, 0) is 13.1 Å². The maximum Gasteiger partial charge on any atom is 0.128 e. The van der Waals surface area contributed by atoms with Crippen molar-refractivity contribution < 1.29 is 0 Å². The van der Waals surface area contributed by atoms with Gasteiger partial charge in [-0.15, -0.1) is 0 Å². The highest BCUT2D eigenvalue weighted by Gasteiger charge is 2.05. The molecule has 0 bridgehead atoms. The van der Waals surface area contributed by atoms with E-state index in [4.69, 9.17) is 4.98 Å². The van der Waals surface area contributed by atoms with Crippen molar-refractivity contribution in [3.63, 3.8) is 0 Å². The zero-order valence-electron chi connectivity index (χ0n) is 12.5. The van der Waals surface area contributed by atoms with E-state index in [1.165, 1.54) is 5.56 Å². The lowest BCUT2D eigenvalue weighted by Gasteiger charge is -2.19. The van der Waals surface area contributed by atoms with Gasteiger partial charge in [0.2, 0.25) is 0 Å². The Bertz CT molecular complexity index is 523. The zero-order chi connectivity index (χ0) is 14.4. The summed E-state index contributed by atoms with van der Waals surface area (Å²) in [6, 6.07) is 17.1. The number of anilines is 1. The maximum atomic E-state index is 4.70. The van der Waals surface area contributed by atoms with Gasteiger partial charge in [0.1, 0.15) is 5.82 Å². The van der Waals surface area contributed by atoms with Crippen LogP contribution in [-0.4, -0.2) is 18.1 Å². The van der Waals surface area contributed by atoms with E-state index in [2.05, 4.69) is 73.6 Å². The van der Waals surface area contributed by atoms with Crippen LogP contribution in [0.15, 0.2) is 48.5 Å². The molecule has 0 amide bonds. The molecule has 0 aliphatic rings. The summed E-state index contributed by atoms with van der Waals surface area (Å²) in [5, 5.41) is 3.40. The molecule has 2 aromatic rings. The molecule has 3 heteroatoms. The highest BCUT2D eigenvalue weighted by Crippen LogP contribution is 2.13. The molecule has 0 saturated carbocycles. The molecule has 0 fully saturated rings. The first-order valence-electron chi connectivity index (χ1n) is 7.09. The molecule has 1 aromatic carbocycles. The first kappa shape index (κ1) is 14.5. The van der Waals surface area contributed by atoms with Gasteiger partial charge in [-0.1, -0.05) is 50.2 Å². The van der Waals surface area contributed by atoms with E-state index in [0.717, 1.165) is 24.6 Å². The molecule has 0 saturated heterocycles. The van der Waals surface area contributed by atoms with Crippen molar-refractivity contribution in [3.8, 4) is 0 Å². The van der Waals surface area contributed by atoms with Gasteiger partial charge in [-0.2, -0.15) is 0 Å². The van der Waals surface area contributed by atoms with Crippen LogP contribution in [0.3, 0.4) is 0 Å². The molecule has 0 unspecified atom stereocenters. The van der Waals surface area contributed by atoms with E-state index < -0.39 is 0 Å². The molecule has 0 aliphatic carbocycles. The SMILES string of the molecule is CC(C)NCc1cccc(N(C)Cc2ccccc2)n1. The molecule has 20 heavy (non-hydrogen) atoms. The number of benzene rings is 1. The van der Waals surface area contributed by atoms with Crippen molar-refractivity contribution in [1.82, 2.24) is 10.3 Å². The first-order chi connectivity index (χ1) is 9.65. The summed E-state index contributed by atoms with van der Waals surface area (Å²) in [4.78, 5) is 6.88. The van der Waals surface area contributed by atoms with Gasteiger partial charge in [-0.05, 0) is 17.7 Å². The molecule has 3 nitrogen and oxygen atoms in total. The number of nitrogens with zero attached hydrogens (tertiary/aromatic N) is 2. The summed E-state index contributed by atoms with van der Waals surface area (Å²) in [5.41, 5.74) is 2.37. The Kier molecular flexibility index (Phi) is 5.13. The number of pyridine rings is 1. The monoisotopic (exact) mass is 269 g/mol. The summed E-state index contributed by atoms with van der Waals surface area (Å²) >= 11 is 0. The minimum atomic E-state index is 0.475. The molecule has 0 radical (unpaired) electrons. The van der Waals surface area contributed by atoms with Crippen molar-refractivity contribution in [3.05, 3.63) is 59.8 Å². The first-order valence-corrected chi connectivity index (χ1v) is 7.09. The summed E-state index contributed by atoms with van der Waals surface area (Å²) < 4.78 is 0. The highest BCUT2D eigenvalue weighted by atomic mass is 15.2. The van der Waals surface area contributed by atoms with Crippen LogP contribution >= 0.6 is 0 Å². The zero-order valence-corrected chi connectivity index (χ0v) is 12.5. The molecule has 0 atom stereocenters. The summed E-state index contributed by atoms with van der Waals surface area (Å²) in [5.74, 6) is 1.01. The van der Waals surface area contributed by atoms with Crippen LogP contribution in [0.2, 0.25) is 0 Å². The lowest BCUT2D eigenvalue weighted by atomic mass is 10.2. The van der Waals surface area contributed by atoms with E-state index in [9.17, 15) is 0 Å². The van der Waals surface area contributed by atoms with E-state index in [1.54, 1.807) is 0 Å². The number of hydrogen-bond donors (Lipinski definition) is 1. The van der Waals surface area contributed by atoms with E-state index in [-0.39, 0.29) is 0 Å². The van der Waals surface area contributed by atoms with E-state index in [1.807, 2.05) is 6.07 Å². The van der Waals surface area contributed by atoms with Gasteiger partial charge in [0.05, 0.1) is 5.69 Å². The average Bonchev–Trinajstić information content (AvgIpc) is 2.46. The molecule has 0 spiro atoms. The molecule has 2 rings (SSSR count). The largest absolute Gasteiger partial charge is 0.355 e. The van der Waals surface area contributed by atoms with Crippen molar-refractivity contribution in [2.75, 3.05) is 11.9 Å². The third-order valence-electron chi connectivity index (χ3n) is 3.14. The van der Waals surface area contributed by atoms with Gasteiger partial charge >= 0.3 is 0 Å². The fourth-order valence-corrected chi connectivity index (χ4v) is 2.02. The third kappa shape index (κ3) is 4.35. The van der Waals surface area contributed by atoms with Crippen molar-refractivity contribution in [1.29, 1.82) is 0 Å². The molecule has 1 aromatic heterocycles. The summed E-state index contributed by atoms with van der Waals surface area (Å²) in [6.07, 6.45) is 0. The molecule has 0 aliphatic heterocycles. The molecular weight excluding hydrogens is 246 g/mol. The third-order valence-corrected chi connectivity index (χ3v) is 3.14. The van der Waals surface area contributed by atoms with Crippen molar-refractivity contribution >= 4 is 5.82 Å². The average molecular weight is 269 g/mol. The van der Waals surface area contributed by atoms with Crippen molar-refractivity contribution in [2.45, 2.75) is 33.0 Å². The lowest BCUT2D eigenvalue weighted by Crippen LogP contribution is -2.23. The number of aromatic nitrogens is 1. The maximum absolute atomic E-state index is 4.70. The van der Waals surface area contributed by atoms with Crippen LogP contribution in [0.1, 0.15) is 25.1 Å². The van der Waals surface area contributed by atoms with Crippen LogP contribution in [0.5, 0.6) is 0 Å². The van der Waals surface area contributed by atoms with Gasteiger partial charge in [0.25, 0.3) is 0 Å². The number of hydrogen-bond acceptors (Lipinski definition) is 3. The lowest BCUT2D eigenvalue weighted by molar-refractivity contribution is 0.581. The molecule has 1 heterocycles. The topological polar surface area (TPSA) is 28.2 Å². The van der Waals surface area contributed by atoms with Crippen LogP contribution in [0.4, 0.5) is 5.82 Å². The standard InChI is InChI=1S/C17H23N3/c1-14(2)18-12-16-10-7-11-17(19-16)20(3)13-15-8-5-4-6-9-15/h4-11,14,18H,12-13H2,1-3H3. The Morgan fingerprint density at radius 1 is 1.05 bits per heavy atom. The molecule has 1 N–H and O–H groups in total. The van der Waals surface area contributed by atoms with Crippen LogP contribution < -0.4 is 10.2 Å². The molecular formula is C17H23N3. The smallest absolute Gasteiger partial charge is 0.128 e. The molecule has 106 valence electrons. The number of rotatable bonds is 6. The van der Waals surface area contributed by atoms with Gasteiger partial charge in [-0.25, -0.2) is 4.98 Å². The Balaban J connectivity index is 2.02. The Morgan fingerprint density at radius 3 is 2.50 bits per heavy atom. The Labute approximate surface area is 121 Å². The van der Waals surface area contributed by atoms with Gasteiger partial charge in [-0.3, -0.25) is 0 Å². The van der Waals surface area contributed by atoms with Gasteiger partial charge in [0, 0.05) is 26.2 Å². The second-order valence-corrected chi connectivity index (χ2v) is 5.36. The fourth-order valence-electron chi connectivity index (χ4n) is 2.02. The Hall–Kier alpha value is -1.87. The minimum Gasteiger partial charge on any atom is -0.355 e. The number of nitrogens with one attached hydrogen (secondary N) is 1. The van der Waals surface area contributed by atoms with Gasteiger partial charge < -0.3 is 10.2 Å². The normalized spacial score (nSPS) is 10.8.